The molecule has 0 bridgehead atoms. The van der Waals surface area contributed by atoms with Gasteiger partial charge in [-0.15, -0.1) is 0 Å². The minimum absolute atomic E-state index is 0.847. The van der Waals surface area contributed by atoms with E-state index in [0.717, 1.165) is 40.4 Å². The summed E-state index contributed by atoms with van der Waals surface area (Å²) in [5.74, 6) is 0. The van der Waals surface area contributed by atoms with E-state index in [1.807, 2.05) is 0 Å². The molecule has 1 aliphatic rings. The normalized spacial score (nSPS) is 15.6. The van der Waals surface area contributed by atoms with Gasteiger partial charge in [0.05, 0.1) is 0 Å². The third kappa shape index (κ3) is 6.04. The van der Waals surface area contributed by atoms with E-state index in [2.05, 4.69) is 187 Å². The molecule has 0 spiro atoms. The van der Waals surface area contributed by atoms with Crippen molar-refractivity contribution in [2.24, 2.45) is 0 Å². The summed E-state index contributed by atoms with van der Waals surface area (Å²) in [6.07, 6.45) is 11.8. The average Bonchev–Trinajstić information content (AvgIpc) is 3.05. The largest absolute Gasteiger partial charge is 0.345 e. The summed E-state index contributed by atoms with van der Waals surface area (Å²) >= 11 is 0. The molecule has 0 radical (unpaired) electrons. The maximum absolute atomic E-state index is 4.26. The molecule has 2 nitrogen and oxygen atoms in total. The first kappa shape index (κ1) is 26.9. The summed E-state index contributed by atoms with van der Waals surface area (Å²) in [7, 11) is 2.12. The zero-order chi connectivity index (χ0) is 28.7. The average molecular weight is 543 g/mol. The number of hydrogen-bond donors (Lipinski definition) is 0. The fraction of sp³-hybridized carbons (Fsp3) is 0.0500. The highest BCUT2D eigenvalue weighted by Gasteiger charge is 2.14. The van der Waals surface area contributed by atoms with Crippen LogP contribution in [0.3, 0.4) is 0 Å². The second kappa shape index (κ2) is 12.4. The molecule has 0 heterocycles. The lowest BCUT2D eigenvalue weighted by Gasteiger charge is -2.27. The van der Waals surface area contributed by atoms with Crippen molar-refractivity contribution in [2.75, 3.05) is 16.8 Å². The van der Waals surface area contributed by atoms with Crippen LogP contribution < -0.4 is 20.2 Å². The lowest BCUT2D eigenvalue weighted by molar-refractivity contribution is 1.12. The van der Waals surface area contributed by atoms with Crippen molar-refractivity contribution in [2.45, 2.75) is 6.42 Å². The van der Waals surface area contributed by atoms with Gasteiger partial charge < -0.3 is 9.80 Å². The van der Waals surface area contributed by atoms with Gasteiger partial charge in [-0.1, -0.05) is 110 Å². The van der Waals surface area contributed by atoms with E-state index in [1.165, 1.54) is 21.6 Å². The Balaban J connectivity index is 1.29. The Morgan fingerprint density at radius 3 is 1.71 bits per heavy atom. The molecule has 6 rings (SSSR count). The summed E-state index contributed by atoms with van der Waals surface area (Å²) in [6.45, 7) is 4.26. The zero-order valence-corrected chi connectivity index (χ0v) is 23.9. The van der Waals surface area contributed by atoms with Gasteiger partial charge in [-0.25, -0.2) is 0 Å². The van der Waals surface area contributed by atoms with Gasteiger partial charge in [0.15, 0.2) is 0 Å². The molecule has 0 amide bonds. The Labute approximate surface area is 248 Å². The molecule has 0 N–H and O–H groups in total. The van der Waals surface area contributed by atoms with Crippen molar-refractivity contribution in [3.63, 3.8) is 0 Å². The Bertz CT molecular complexity index is 1850. The highest BCUT2D eigenvalue weighted by Crippen LogP contribution is 2.36. The first-order chi connectivity index (χ1) is 20.7. The number of nitrogens with zero attached hydrogens (tertiary/aromatic N) is 2. The molecule has 1 aliphatic carbocycles. The van der Waals surface area contributed by atoms with Gasteiger partial charge in [0.2, 0.25) is 0 Å². The van der Waals surface area contributed by atoms with Crippen LogP contribution in [0.4, 0.5) is 22.7 Å². The summed E-state index contributed by atoms with van der Waals surface area (Å²) < 4.78 is 0. The van der Waals surface area contributed by atoms with Crippen LogP contribution in [0.25, 0.3) is 23.3 Å². The predicted molar refractivity (Wildman–Crippen MR) is 181 cm³/mol. The number of allylic oxidation sites excluding steroid dienone is 4. The molecule has 2 heteroatoms. The third-order valence-electron chi connectivity index (χ3n) is 7.60. The molecular weight excluding hydrogens is 508 g/mol. The van der Waals surface area contributed by atoms with Crippen molar-refractivity contribution in [1.29, 1.82) is 0 Å². The van der Waals surface area contributed by atoms with E-state index in [-0.39, 0.29) is 0 Å². The Morgan fingerprint density at radius 2 is 1.02 bits per heavy atom. The van der Waals surface area contributed by atoms with E-state index < -0.39 is 0 Å². The van der Waals surface area contributed by atoms with E-state index in [4.69, 9.17) is 0 Å². The van der Waals surface area contributed by atoms with Crippen molar-refractivity contribution in [3.8, 4) is 11.1 Å². The summed E-state index contributed by atoms with van der Waals surface area (Å²) in [5, 5.41) is 2.43. The fourth-order valence-corrected chi connectivity index (χ4v) is 5.32. The lowest BCUT2D eigenvalue weighted by atomic mass is 10.0. The maximum atomic E-state index is 4.26. The molecule has 0 fully saturated rings. The Hall–Kier alpha value is -5.34. The Kier molecular flexibility index (Phi) is 7.96. The van der Waals surface area contributed by atoms with E-state index >= 15 is 0 Å². The van der Waals surface area contributed by atoms with Gasteiger partial charge in [-0.3, -0.25) is 0 Å². The summed E-state index contributed by atoms with van der Waals surface area (Å²) in [5.41, 5.74) is 8.99. The van der Waals surface area contributed by atoms with Gasteiger partial charge >= 0.3 is 0 Å². The minimum Gasteiger partial charge on any atom is -0.345 e. The second-order valence-corrected chi connectivity index (χ2v) is 10.4. The predicted octanol–water partition coefficient (Wildman–Crippen LogP) is 8.92. The minimum atomic E-state index is 0.847. The molecule has 204 valence electrons. The van der Waals surface area contributed by atoms with Crippen LogP contribution in [0.5, 0.6) is 0 Å². The first-order valence-corrected chi connectivity index (χ1v) is 14.3. The Morgan fingerprint density at radius 1 is 0.500 bits per heavy atom. The van der Waals surface area contributed by atoms with Crippen LogP contribution in [-0.4, -0.2) is 7.05 Å². The quantitative estimate of drug-likeness (QED) is 0.211. The number of fused-ring (bicyclic) bond motifs is 1. The molecule has 0 aromatic heterocycles. The van der Waals surface area contributed by atoms with Crippen LogP contribution in [0.2, 0.25) is 0 Å². The van der Waals surface area contributed by atoms with Crippen molar-refractivity contribution in [3.05, 3.63) is 180 Å². The van der Waals surface area contributed by atoms with Gasteiger partial charge in [0.25, 0.3) is 0 Å². The smallest absolute Gasteiger partial charge is 0.0463 e. The number of para-hydroxylation sites is 1. The van der Waals surface area contributed by atoms with E-state index in [1.54, 1.807) is 0 Å². The zero-order valence-electron chi connectivity index (χ0n) is 23.9. The molecule has 42 heavy (non-hydrogen) atoms. The number of likely N-dealkylation sites (N-methyl/N-ethyl adjacent to an activating group) is 1. The van der Waals surface area contributed by atoms with Crippen LogP contribution in [-0.2, 0) is 0 Å². The van der Waals surface area contributed by atoms with Gasteiger partial charge in [0, 0.05) is 35.5 Å². The van der Waals surface area contributed by atoms with E-state index in [0.29, 0.717) is 0 Å². The fourth-order valence-electron chi connectivity index (χ4n) is 5.32. The second-order valence-electron chi connectivity index (χ2n) is 10.4. The van der Waals surface area contributed by atoms with Gasteiger partial charge in [0.1, 0.15) is 0 Å². The monoisotopic (exact) mass is 542 g/mol. The number of hydrogen-bond acceptors (Lipinski definition) is 2. The van der Waals surface area contributed by atoms with Crippen LogP contribution in [0, 0.1) is 0 Å². The SMILES string of the molecule is C=C1C=c2cccc/c2=C/C/C=C(N(C)c2ccc(N(c3ccccc3)c3ccc(-c4ccccc4)cc3)cc2)\C=C/1. The standard InChI is InChI=1S/C40H34N2/c1-31-20-23-36(19-11-16-33-14-9-10-15-35(33)30-31)41(2)37-26-28-40(29-27-37)42(38-17-7-4-8-18-38)39-24-21-34(22-25-39)32-12-5-3-6-13-32/h3-10,12-30H,1,11H2,2H3/b23-20-,33-16-,35-30?,36-19+. The molecule has 5 aromatic carbocycles. The molecular formula is C40H34N2. The topological polar surface area (TPSA) is 6.48 Å². The van der Waals surface area contributed by atoms with E-state index in [9.17, 15) is 0 Å². The van der Waals surface area contributed by atoms with Crippen LogP contribution >= 0.6 is 0 Å². The summed E-state index contributed by atoms with van der Waals surface area (Å²) in [6, 6.07) is 47.1. The molecule has 0 aliphatic heterocycles. The third-order valence-corrected chi connectivity index (χ3v) is 7.60. The van der Waals surface area contributed by atoms with Crippen molar-refractivity contribution in [1.82, 2.24) is 0 Å². The lowest BCUT2D eigenvalue weighted by Crippen LogP contribution is -2.24. The number of rotatable bonds is 6. The van der Waals surface area contributed by atoms with Crippen molar-refractivity contribution < 1.29 is 0 Å². The molecule has 0 saturated carbocycles. The molecule has 0 atom stereocenters. The van der Waals surface area contributed by atoms with Crippen LogP contribution in [0.15, 0.2) is 170 Å². The van der Waals surface area contributed by atoms with Gasteiger partial charge in [-0.05, 0) is 94.2 Å². The van der Waals surface area contributed by atoms with Gasteiger partial charge in [-0.2, -0.15) is 0 Å². The number of benzene rings is 5. The highest BCUT2D eigenvalue weighted by atomic mass is 15.1. The molecule has 0 saturated heterocycles. The van der Waals surface area contributed by atoms with Crippen LogP contribution in [0.1, 0.15) is 6.42 Å². The summed E-state index contributed by atoms with van der Waals surface area (Å²) in [4.78, 5) is 4.53. The first-order valence-electron chi connectivity index (χ1n) is 14.3. The number of anilines is 4. The maximum Gasteiger partial charge on any atom is 0.0463 e. The highest BCUT2D eigenvalue weighted by molar-refractivity contribution is 5.79. The molecule has 5 aromatic rings. The molecule has 0 unspecified atom stereocenters. The van der Waals surface area contributed by atoms with Crippen molar-refractivity contribution >= 4 is 34.9 Å².